The van der Waals surface area contributed by atoms with Gasteiger partial charge in [0, 0.05) is 31.0 Å². The van der Waals surface area contributed by atoms with Crippen molar-refractivity contribution in [3.63, 3.8) is 0 Å². The molecule has 1 aliphatic heterocycles. The van der Waals surface area contributed by atoms with Crippen molar-refractivity contribution in [2.45, 2.75) is 44.0 Å². The third-order valence-corrected chi connectivity index (χ3v) is 8.01. The summed E-state index contributed by atoms with van der Waals surface area (Å²) >= 11 is 3.47. The number of piperidine rings is 1. The molecule has 1 fully saturated rings. The zero-order valence-corrected chi connectivity index (χ0v) is 23.0. The summed E-state index contributed by atoms with van der Waals surface area (Å²) in [5.74, 6) is 1.44. The van der Waals surface area contributed by atoms with E-state index in [0.717, 1.165) is 24.5 Å². The highest BCUT2D eigenvalue weighted by Crippen LogP contribution is 2.34. The lowest BCUT2D eigenvalue weighted by atomic mass is 10.1. The molecule has 36 heavy (non-hydrogen) atoms. The number of ether oxygens (including phenoxy) is 1. The fourth-order valence-corrected chi connectivity index (χ4v) is 5.79. The number of halogens is 1. The molecule has 1 aliphatic rings. The van der Waals surface area contributed by atoms with Crippen LogP contribution in [-0.2, 0) is 10.0 Å². The van der Waals surface area contributed by atoms with Crippen LogP contribution < -0.4 is 25.0 Å². The van der Waals surface area contributed by atoms with Gasteiger partial charge in [-0.1, -0.05) is 12.1 Å². The van der Waals surface area contributed by atoms with E-state index in [1.165, 1.54) is 19.3 Å². The molecule has 1 aromatic heterocycles. The fraction of sp³-hybridized carbons (Fsp3) is 0.360. The lowest BCUT2D eigenvalue weighted by Crippen LogP contribution is -2.30. The molecule has 0 saturated carbocycles. The Morgan fingerprint density at radius 1 is 1.03 bits per heavy atom. The largest absolute Gasteiger partial charge is 0.495 e. The molecule has 4 rings (SSSR count). The molecule has 0 aliphatic carbocycles. The van der Waals surface area contributed by atoms with E-state index in [1.807, 2.05) is 12.1 Å². The van der Waals surface area contributed by atoms with Crippen LogP contribution in [0.5, 0.6) is 5.75 Å². The minimum atomic E-state index is -3.71. The zero-order chi connectivity index (χ0) is 25.7. The normalized spacial score (nSPS) is 14.1. The summed E-state index contributed by atoms with van der Waals surface area (Å²) in [6.45, 7) is 5.62. The van der Waals surface area contributed by atoms with Crippen LogP contribution in [0.1, 0.15) is 33.1 Å². The first-order valence-corrected chi connectivity index (χ1v) is 14.2. The second-order valence-corrected chi connectivity index (χ2v) is 11.4. The van der Waals surface area contributed by atoms with Crippen LogP contribution in [0.25, 0.3) is 0 Å². The smallest absolute Gasteiger partial charge is 0.242 e. The number of sulfonamides is 1. The molecular formula is C25H31BrN6O3S. The molecule has 0 bridgehead atoms. The number of hydrogen-bond donors (Lipinski definition) is 3. The summed E-state index contributed by atoms with van der Waals surface area (Å²) in [6, 6.07) is 12.5. The molecule has 9 nitrogen and oxygen atoms in total. The Morgan fingerprint density at radius 2 is 1.78 bits per heavy atom. The summed E-state index contributed by atoms with van der Waals surface area (Å²) in [5, 5.41) is 6.40. The molecule has 192 valence electrons. The van der Waals surface area contributed by atoms with Gasteiger partial charge < -0.3 is 20.3 Å². The van der Waals surface area contributed by atoms with Crippen LogP contribution in [0.4, 0.5) is 28.8 Å². The minimum absolute atomic E-state index is 0.134. The Kier molecular flexibility index (Phi) is 8.32. The van der Waals surface area contributed by atoms with Crippen LogP contribution in [0.2, 0.25) is 0 Å². The number of anilines is 5. The number of hydrogen-bond acceptors (Lipinski definition) is 8. The number of methoxy groups -OCH3 is 1. The van der Waals surface area contributed by atoms with Crippen molar-refractivity contribution in [3.05, 3.63) is 53.1 Å². The summed E-state index contributed by atoms with van der Waals surface area (Å²) in [7, 11) is -2.09. The van der Waals surface area contributed by atoms with Gasteiger partial charge in [0.15, 0.2) is 0 Å². The molecular weight excluding hydrogens is 544 g/mol. The number of rotatable bonds is 9. The fourth-order valence-electron chi connectivity index (χ4n) is 4.08. The van der Waals surface area contributed by atoms with E-state index in [-0.39, 0.29) is 10.9 Å². The highest BCUT2D eigenvalue weighted by molar-refractivity contribution is 9.10. The molecule has 1 saturated heterocycles. The van der Waals surface area contributed by atoms with Crippen LogP contribution in [-0.4, -0.2) is 44.6 Å². The van der Waals surface area contributed by atoms with Gasteiger partial charge in [-0.15, -0.1) is 0 Å². The van der Waals surface area contributed by atoms with Crippen LogP contribution in [0, 0.1) is 0 Å². The molecule has 0 amide bonds. The molecule has 0 unspecified atom stereocenters. The van der Waals surface area contributed by atoms with Crippen molar-refractivity contribution < 1.29 is 13.2 Å². The first kappa shape index (κ1) is 26.2. The molecule has 2 aromatic carbocycles. The van der Waals surface area contributed by atoms with Crippen molar-refractivity contribution in [2.24, 2.45) is 0 Å². The summed E-state index contributed by atoms with van der Waals surface area (Å²) < 4.78 is 34.5. The summed E-state index contributed by atoms with van der Waals surface area (Å²) in [6.07, 6.45) is 5.24. The van der Waals surface area contributed by atoms with Gasteiger partial charge in [0.05, 0.1) is 23.0 Å². The Bertz CT molecular complexity index is 1310. The number of benzene rings is 2. The van der Waals surface area contributed by atoms with Crippen LogP contribution >= 0.6 is 15.9 Å². The lowest BCUT2D eigenvalue weighted by Gasteiger charge is -2.29. The van der Waals surface area contributed by atoms with Gasteiger partial charge in [0.2, 0.25) is 16.0 Å². The first-order chi connectivity index (χ1) is 17.3. The van der Waals surface area contributed by atoms with E-state index < -0.39 is 10.0 Å². The maximum Gasteiger partial charge on any atom is 0.242 e. The van der Waals surface area contributed by atoms with Crippen molar-refractivity contribution >= 4 is 54.8 Å². The monoisotopic (exact) mass is 574 g/mol. The van der Waals surface area contributed by atoms with Gasteiger partial charge in [-0.05, 0) is 79.4 Å². The third-order valence-electron chi connectivity index (χ3n) is 5.72. The van der Waals surface area contributed by atoms with Crippen molar-refractivity contribution in [1.29, 1.82) is 0 Å². The van der Waals surface area contributed by atoms with E-state index >= 15 is 0 Å². The van der Waals surface area contributed by atoms with E-state index in [4.69, 9.17) is 4.74 Å². The molecule has 0 spiro atoms. The van der Waals surface area contributed by atoms with E-state index in [0.29, 0.717) is 27.7 Å². The molecule has 11 heteroatoms. The maximum atomic E-state index is 12.9. The predicted molar refractivity (Wildman–Crippen MR) is 147 cm³/mol. The Hall–Kier alpha value is -2.89. The number of nitrogens with zero attached hydrogens (tertiary/aromatic N) is 3. The van der Waals surface area contributed by atoms with Gasteiger partial charge in [-0.3, -0.25) is 0 Å². The number of aromatic nitrogens is 2. The highest BCUT2D eigenvalue weighted by atomic mass is 79.9. The van der Waals surface area contributed by atoms with Gasteiger partial charge in [0.25, 0.3) is 0 Å². The standard InChI is InChI=1S/C25H31BrN6O3S/c1-17(2)31-36(33,34)23-10-6-5-9-20(23)28-24-19(26)16-27-25(30-24)29-21-15-18(11-12-22(21)35-3)32-13-7-4-8-14-32/h5-6,9-12,15-17,31H,4,7-8,13-14H2,1-3H3,(H2,27,28,29,30). The van der Waals surface area contributed by atoms with Gasteiger partial charge in [-0.25, -0.2) is 18.1 Å². The number of para-hydroxylation sites is 1. The first-order valence-electron chi connectivity index (χ1n) is 11.9. The van der Waals surface area contributed by atoms with Gasteiger partial charge in [-0.2, -0.15) is 4.98 Å². The maximum absolute atomic E-state index is 12.9. The van der Waals surface area contributed by atoms with Crippen LogP contribution in [0.15, 0.2) is 58.0 Å². The van der Waals surface area contributed by atoms with Crippen molar-refractivity contribution in [2.75, 3.05) is 35.7 Å². The quantitative estimate of drug-likeness (QED) is 0.311. The SMILES string of the molecule is COc1ccc(N2CCCCC2)cc1Nc1ncc(Br)c(Nc2ccccc2S(=O)(=O)NC(C)C)n1. The zero-order valence-electron chi connectivity index (χ0n) is 20.6. The van der Waals surface area contributed by atoms with Gasteiger partial charge >= 0.3 is 0 Å². The predicted octanol–water partition coefficient (Wildman–Crippen LogP) is 5.41. The molecule has 3 aromatic rings. The minimum Gasteiger partial charge on any atom is -0.495 e. The third kappa shape index (κ3) is 6.26. The van der Waals surface area contributed by atoms with E-state index in [1.54, 1.807) is 51.4 Å². The Labute approximate surface area is 220 Å². The van der Waals surface area contributed by atoms with Crippen LogP contribution in [0.3, 0.4) is 0 Å². The lowest BCUT2D eigenvalue weighted by molar-refractivity contribution is 0.416. The summed E-state index contributed by atoms with van der Waals surface area (Å²) in [5.41, 5.74) is 2.27. The summed E-state index contributed by atoms with van der Waals surface area (Å²) in [4.78, 5) is 11.5. The average Bonchev–Trinajstić information content (AvgIpc) is 2.86. The topological polar surface area (TPSA) is 108 Å². The molecule has 3 N–H and O–H groups in total. The molecule has 0 atom stereocenters. The van der Waals surface area contributed by atoms with Gasteiger partial charge in [0.1, 0.15) is 16.5 Å². The Morgan fingerprint density at radius 3 is 2.50 bits per heavy atom. The number of nitrogens with one attached hydrogen (secondary N) is 3. The molecule has 2 heterocycles. The van der Waals surface area contributed by atoms with Crippen molar-refractivity contribution in [1.82, 2.24) is 14.7 Å². The average molecular weight is 576 g/mol. The second-order valence-electron chi connectivity index (χ2n) is 8.84. The molecule has 0 radical (unpaired) electrons. The second kappa shape index (κ2) is 11.4. The highest BCUT2D eigenvalue weighted by Gasteiger charge is 2.20. The van der Waals surface area contributed by atoms with E-state index in [9.17, 15) is 8.42 Å². The van der Waals surface area contributed by atoms with Crippen molar-refractivity contribution in [3.8, 4) is 5.75 Å². The Balaban J connectivity index is 1.62. The van der Waals surface area contributed by atoms with E-state index in [2.05, 4.69) is 52.2 Å².